The van der Waals surface area contributed by atoms with Crippen molar-refractivity contribution in [3.8, 4) is 0 Å². The predicted octanol–water partition coefficient (Wildman–Crippen LogP) is 4.25. The molecule has 2 atom stereocenters. The minimum Gasteiger partial charge on any atom is -0.0651 e. The monoisotopic (exact) mass is 168 g/mol. The molecular weight excluding hydrogens is 144 g/mol. The molecule has 0 bridgehead atoms. The van der Waals surface area contributed by atoms with E-state index in [9.17, 15) is 0 Å². The lowest BCUT2D eigenvalue weighted by atomic mass is 9.96. The molecule has 0 spiro atoms. The Morgan fingerprint density at radius 1 is 1.08 bits per heavy atom. The van der Waals surface area contributed by atoms with Crippen LogP contribution in [0.25, 0.3) is 0 Å². The van der Waals surface area contributed by atoms with E-state index < -0.39 is 0 Å². The van der Waals surface area contributed by atoms with Crippen LogP contribution in [0.2, 0.25) is 0 Å². The Labute approximate surface area is 77.7 Å². The van der Waals surface area contributed by atoms with Crippen LogP contribution >= 0.6 is 0 Å². The molecule has 72 valence electrons. The van der Waals surface area contributed by atoms with E-state index in [1.165, 1.54) is 38.5 Å². The van der Waals surface area contributed by atoms with Crippen LogP contribution in [-0.4, -0.2) is 0 Å². The van der Waals surface area contributed by atoms with Crippen molar-refractivity contribution in [2.24, 2.45) is 17.8 Å². The van der Waals surface area contributed by atoms with Crippen molar-refractivity contribution in [3.63, 3.8) is 0 Å². The van der Waals surface area contributed by atoms with Crippen molar-refractivity contribution in [2.45, 2.75) is 59.3 Å². The molecule has 1 aliphatic carbocycles. The second-order valence-corrected chi connectivity index (χ2v) is 4.42. The molecule has 1 fully saturated rings. The van der Waals surface area contributed by atoms with Crippen LogP contribution in [0.5, 0.6) is 0 Å². The Morgan fingerprint density at radius 3 is 2.17 bits per heavy atom. The lowest BCUT2D eigenvalue weighted by Gasteiger charge is -2.10. The Morgan fingerprint density at radius 2 is 1.75 bits per heavy atom. The van der Waals surface area contributed by atoms with Gasteiger partial charge in [-0.2, -0.15) is 0 Å². The van der Waals surface area contributed by atoms with E-state index in [0.29, 0.717) is 0 Å². The van der Waals surface area contributed by atoms with Gasteiger partial charge in [-0.25, -0.2) is 0 Å². The number of hydrogen-bond acceptors (Lipinski definition) is 0. The van der Waals surface area contributed by atoms with Gasteiger partial charge in [0.2, 0.25) is 0 Å². The third-order valence-electron chi connectivity index (χ3n) is 3.69. The Balaban J connectivity index is 2.02. The highest BCUT2D eigenvalue weighted by Crippen LogP contribution is 2.45. The second kappa shape index (κ2) is 4.89. The maximum Gasteiger partial charge on any atom is -0.0383 e. The maximum atomic E-state index is 2.34. The van der Waals surface area contributed by atoms with Gasteiger partial charge in [-0.15, -0.1) is 0 Å². The smallest absolute Gasteiger partial charge is 0.0383 e. The van der Waals surface area contributed by atoms with Gasteiger partial charge in [0, 0.05) is 0 Å². The summed E-state index contributed by atoms with van der Waals surface area (Å²) < 4.78 is 0. The normalized spacial score (nSPS) is 28.0. The Kier molecular flexibility index (Phi) is 4.11. The zero-order valence-electron chi connectivity index (χ0n) is 8.97. The summed E-state index contributed by atoms with van der Waals surface area (Å²) >= 11 is 0. The van der Waals surface area contributed by atoms with Gasteiger partial charge in [0.05, 0.1) is 0 Å². The molecule has 1 saturated carbocycles. The fraction of sp³-hybridized carbons (Fsp3) is 1.00. The first kappa shape index (κ1) is 10.1. The summed E-state index contributed by atoms with van der Waals surface area (Å²) in [5.41, 5.74) is 0. The molecule has 1 rings (SSSR count). The molecule has 0 N–H and O–H groups in total. The van der Waals surface area contributed by atoms with E-state index in [-0.39, 0.29) is 0 Å². The van der Waals surface area contributed by atoms with E-state index in [1.54, 1.807) is 0 Å². The molecule has 0 aromatic rings. The van der Waals surface area contributed by atoms with Gasteiger partial charge < -0.3 is 0 Å². The molecular formula is C12H24. The molecule has 0 heteroatoms. The van der Waals surface area contributed by atoms with Crippen LogP contribution in [0, 0.1) is 17.8 Å². The van der Waals surface area contributed by atoms with Crippen LogP contribution in [-0.2, 0) is 0 Å². The number of hydrogen-bond donors (Lipinski definition) is 0. The standard InChI is InChI=1S/C12H24/c1-4-10(5-2)7-8-12-9-11(12)6-3/h10-12H,4-9H2,1-3H3. The highest BCUT2D eigenvalue weighted by atomic mass is 14.4. The topological polar surface area (TPSA) is 0 Å². The minimum atomic E-state index is 1.02. The first-order chi connectivity index (χ1) is 5.81. The highest BCUT2D eigenvalue weighted by molar-refractivity contribution is 4.85. The fourth-order valence-corrected chi connectivity index (χ4v) is 2.31. The maximum absolute atomic E-state index is 2.34. The summed E-state index contributed by atoms with van der Waals surface area (Å²) in [5.74, 6) is 3.25. The zero-order chi connectivity index (χ0) is 8.97. The molecule has 2 unspecified atom stereocenters. The van der Waals surface area contributed by atoms with Crippen LogP contribution < -0.4 is 0 Å². The number of rotatable bonds is 6. The SMILES string of the molecule is CCC(CC)CCC1CC1CC. The molecule has 12 heavy (non-hydrogen) atoms. The van der Waals surface area contributed by atoms with Crippen LogP contribution in [0.3, 0.4) is 0 Å². The molecule has 0 heterocycles. The lowest BCUT2D eigenvalue weighted by molar-refractivity contribution is 0.419. The van der Waals surface area contributed by atoms with Gasteiger partial charge in [-0.05, 0) is 30.6 Å². The van der Waals surface area contributed by atoms with Gasteiger partial charge >= 0.3 is 0 Å². The molecule has 0 aromatic heterocycles. The summed E-state index contributed by atoms with van der Waals surface area (Å²) in [6.45, 7) is 7.00. The molecule has 0 aliphatic heterocycles. The molecule has 0 nitrogen and oxygen atoms in total. The largest absolute Gasteiger partial charge is 0.0651 e. The van der Waals surface area contributed by atoms with Crippen molar-refractivity contribution in [1.29, 1.82) is 0 Å². The average Bonchev–Trinajstić information content (AvgIpc) is 2.85. The van der Waals surface area contributed by atoms with E-state index in [2.05, 4.69) is 20.8 Å². The fourth-order valence-electron chi connectivity index (χ4n) is 2.31. The lowest BCUT2D eigenvalue weighted by Crippen LogP contribution is -1.97. The molecule has 1 aliphatic rings. The Hall–Kier alpha value is 0. The van der Waals surface area contributed by atoms with E-state index in [0.717, 1.165) is 17.8 Å². The van der Waals surface area contributed by atoms with Crippen LogP contribution in [0.4, 0.5) is 0 Å². The third kappa shape index (κ3) is 2.80. The van der Waals surface area contributed by atoms with Crippen molar-refractivity contribution < 1.29 is 0 Å². The van der Waals surface area contributed by atoms with E-state index in [1.807, 2.05) is 0 Å². The van der Waals surface area contributed by atoms with Crippen LogP contribution in [0.1, 0.15) is 59.3 Å². The third-order valence-corrected chi connectivity index (χ3v) is 3.69. The molecule has 0 amide bonds. The zero-order valence-corrected chi connectivity index (χ0v) is 8.97. The van der Waals surface area contributed by atoms with Gasteiger partial charge in [0.1, 0.15) is 0 Å². The molecule has 0 saturated heterocycles. The van der Waals surface area contributed by atoms with Crippen LogP contribution in [0.15, 0.2) is 0 Å². The van der Waals surface area contributed by atoms with E-state index in [4.69, 9.17) is 0 Å². The molecule has 0 aromatic carbocycles. The van der Waals surface area contributed by atoms with Crippen molar-refractivity contribution in [1.82, 2.24) is 0 Å². The predicted molar refractivity (Wildman–Crippen MR) is 55.2 cm³/mol. The van der Waals surface area contributed by atoms with Crippen molar-refractivity contribution >= 4 is 0 Å². The van der Waals surface area contributed by atoms with Crippen molar-refractivity contribution in [2.75, 3.05) is 0 Å². The van der Waals surface area contributed by atoms with Gasteiger partial charge in [-0.1, -0.05) is 46.5 Å². The first-order valence-electron chi connectivity index (χ1n) is 5.81. The highest BCUT2D eigenvalue weighted by Gasteiger charge is 2.34. The molecule has 0 radical (unpaired) electrons. The average molecular weight is 168 g/mol. The summed E-state index contributed by atoms with van der Waals surface area (Å²) in [4.78, 5) is 0. The van der Waals surface area contributed by atoms with Gasteiger partial charge in [0.25, 0.3) is 0 Å². The summed E-state index contributed by atoms with van der Waals surface area (Å²) in [6.07, 6.45) is 8.75. The van der Waals surface area contributed by atoms with Gasteiger partial charge in [0.15, 0.2) is 0 Å². The summed E-state index contributed by atoms with van der Waals surface area (Å²) in [7, 11) is 0. The first-order valence-corrected chi connectivity index (χ1v) is 5.81. The quantitative estimate of drug-likeness (QED) is 0.556. The van der Waals surface area contributed by atoms with E-state index >= 15 is 0 Å². The van der Waals surface area contributed by atoms with Crippen molar-refractivity contribution in [3.05, 3.63) is 0 Å². The minimum absolute atomic E-state index is 1.02. The summed E-state index contributed by atoms with van der Waals surface area (Å²) in [6, 6.07) is 0. The summed E-state index contributed by atoms with van der Waals surface area (Å²) in [5, 5.41) is 0. The Bertz CT molecular complexity index is 113. The second-order valence-electron chi connectivity index (χ2n) is 4.42. The van der Waals surface area contributed by atoms with Gasteiger partial charge in [-0.3, -0.25) is 0 Å².